The molecule has 1 atom stereocenters. The van der Waals surface area contributed by atoms with Crippen LogP contribution in [0.1, 0.15) is 29.7 Å². The summed E-state index contributed by atoms with van der Waals surface area (Å²) in [5.74, 6) is 0. The maximum absolute atomic E-state index is 10.4. The predicted molar refractivity (Wildman–Crippen MR) is 74.1 cm³/mol. The minimum Gasteiger partial charge on any atom is -0.384 e. The predicted octanol–water partition coefficient (Wildman–Crippen LogP) is 4.03. The first kappa shape index (κ1) is 13.3. The summed E-state index contributed by atoms with van der Waals surface area (Å²) in [6.45, 7) is 2.02. The number of hydrogen-bond acceptors (Lipinski definition) is 2. The highest BCUT2D eigenvalue weighted by atomic mass is 35.5. The van der Waals surface area contributed by atoms with Gasteiger partial charge in [-0.2, -0.15) is 0 Å². The molecule has 2 rings (SSSR count). The van der Waals surface area contributed by atoms with Crippen LogP contribution in [0.4, 0.5) is 0 Å². The van der Waals surface area contributed by atoms with Gasteiger partial charge in [0, 0.05) is 28.0 Å². The molecule has 0 saturated carbocycles. The van der Waals surface area contributed by atoms with Gasteiger partial charge in [0.15, 0.2) is 0 Å². The Balaban J connectivity index is 2.44. The third-order valence-electron chi connectivity index (χ3n) is 2.87. The summed E-state index contributed by atoms with van der Waals surface area (Å²) in [4.78, 5) is 4.06. The fourth-order valence-electron chi connectivity index (χ4n) is 1.89. The van der Waals surface area contributed by atoms with Gasteiger partial charge in [0.25, 0.3) is 0 Å². The molecule has 0 fully saturated rings. The summed E-state index contributed by atoms with van der Waals surface area (Å²) < 4.78 is 0. The lowest BCUT2D eigenvalue weighted by Gasteiger charge is -2.16. The van der Waals surface area contributed by atoms with Crippen LogP contribution >= 0.6 is 23.2 Å². The summed E-state index contributed by atoms with van der Waals surface area (Å²) in [7, 11) is 0. The van der Waals surface area contributed by atoms with Crippen LogP contribution in [0, 0.1) is 0 Å². The van der Waals surface area contributed by atoms with Gasteiger partial charge in [-0.3, -0.25) is 4.98 Å². The molecule has 0 bridgehead atoms. The van der Waals surface area contributed by atoms with Gasteiger partial charge in [-0.15, -0.1) is 0 Å². The van der Waals surface area contributed by atoms with Crippen LogP contribution < -0.4 is 0 Å². The molecule has 0 aliphatic heterocycles. The van der Waals surface area contributed by atoms with E-state index in [0.29, 0.717) is 15.6 Å². The van der Waals surface area contributed by atoms with Crippen molar-refractivity contribution in [2.45, 2.75) is 19.4 Å². The molecule has 94 valence electrons. The molecule has 4 heteroatoms. The van der Waals surface area contributed by atoms with Gasteiger partial charge in [0.1, 0.15) is 6.10 Å². The molecule has 2 aromatic rings. The van der Waals surface area contributed by atoms with Gasteiger partial charge < -0.3 is 5.11 Å². The van der Waals surface area contributed by atoms with Crippen LogP contribution in [0.15, 0.2) is 36.7 Å². The molecule has 1 aromatic carbocycles. The van der Waals surface area contributed by atoms with E-state index in [1.165, 1.54) is 0 Å². The van der Waals surface area contributed by atoms with E-state index in [-0.39, 0.29) is 0 Å². The first-order valence-electron chi connectivity index (χ1n) is 5.69. The summed E-state index contributed by atoms with van der Waals surface area (Å²) in [5.41, 5.74) is 2.50. The summed E-state index contributed by atoms with van der Waals surface area (Å²) in [6, 6.07) is 6.91. The quantitative estimate of drug-likeness (QED) is 0.921. The number of benzene rings is 1. The Labute approximate surface area is 116 Å². The van der Waals surface area contributed by atoms with Crippen molar-refractivity contribution in [2.24, 2.45) is 0 Å². The zero-order chi connectivity index (χ0) is 13.1. The average molecular weight is 282 g/mol. The van der Waals surface area contributed by atoms with Crippen LogP contribution in [0.5, 0.6) is 0 Å². The molecule has 0 spiro atoms. The van der Waals surface area contributed by atoms with Crippen molar-refractivity contribution >= 4 is 23.2 Å². The smallest absolute Gasteiger partial charge is 0.106 e. The Morgan fingerprint density at radius 1 is 1.22 bits per heavy atom. The minimum absolute atomic E-state index is 0.467. The van der Waals surface area contributed by atoms with E-state index in [2.05, 4.69) is 4.98 Å². The van der Waals surface area contributed by atoms with E-state index in [4.69, 9.17) is 23.2 Å². The third-order valence-corrected chi connectivity index (χ3v) is 3.44. The second-order valence-electron chi connectivity index (χ2n) is 4.00. The van der Waals surface area contributed by atoms with Gasteiger partial charge in [0.2, 0.25) is 0 Å². The van der Waals surface area contributed by atoms with Crippen molar-refractivity contribution in [3.8, 4) is 0 Å². The highest BCUT2D eigenvalue weighted by Crippen LogP contribution is 2.31. The standard InChI is InChI=1S/C14H13Cl2NO/c1-2-9-8-17-6-5-11(9)14(18)12-4-3-10(15)7-13(12)16/h3-8,14,18H,2H2,1H3. The van der Waals surface area contributed by atoms with E-state index in [0.717, 1.165) is 17.5 Å². The largest absolute Gasteiger partial charge is 0.384 e. The molecule has 0 radical (unpaired) electrons. The number of halogens is 2. The van der Waals surface area contributed by atoms with Gasteiger partial charge >= 0.3 is 0 Å². The third kappa shape index (κ3) is 2.66. The Morgan fingerprint density at radius 2 is 2.00 bits per heavy atom. The van der Waals surface area contributed by atoms with Crippen LogP contribution in [0.25, 0.3) is 0 Å². The fourth-order valence-corrected chi connectivity index (χ4v) is 2.40. The molecule has 1 N–H and O–H groups in total. The van der Waals surface area contributed by atoms with Crippen LogP contribution in [0.3, 0.4) is 0 Å². The summed E-state index contributed by atoms with van der Waals surface area (Å²) in [6.07, 6.45) is 3.49. The highest BCUT2D eigenvalue weighted by Gasteiger charge is 2.16. The van der Waals surface area contributed by atoms with Gasteiger partial charge in [0.05, 0.1) is 0 Å². The second-order valence-corrected chi connectivity index (χ2v) is 4.84. The van der Waals surface area contributed by atoms with Gasteiger partial charge in [-0.25, -0.2) is 0 Å². The fraction of sp³-hybridized carbons (Fsp3) is 0.214. The van der Waals surface area contributed by atoms with E-state index in [9.17, 15) is 5.11 Å². The maximum Gasteiger partial charge on any atom is 0.106 e. The number of aliphatic hydroxyl groups is 1. The number of pyridine rings is 1. The summed E-state index contributed by atoms with van der Waals surface area (Å²) in [5, 5.41) is 11.4. The Hall–Kier alpha value is -1.09. The average Bonchev–Trinajstić information content (AvgIpc) is 2.38. The lowest BCUT2D eigenvalue weighted by Crippen LogP contribution is -2.04. The van der Waals surface area contributed by atoms with Crippen LogP contribution in [-0.2, 0) is 6.42 Å². The Morgan fingerprint density at radius 3 is 2.67 bits per heavy atom. The van der Waals surface area contributed by atoms with Crippen molar-refractivity contribution in [3.05, 3.63) is 63.4 Å². The van der Waals surface area contributed by atoms with E-state index < -0.39 is 6.10 Å². The van der Waals surface area contributed by atoms with E-state index in [1.54, 1.807) is 30.6 Å². The lowest BCUT2D eigenvalue weighted by molar-refractivity contribution is 0.219. The second kappa shape index (κ2) is 5.70. The van der Waals surface area contributed by atoms with Crippen molar-refractivity contribution in [3.63, 3.8) is 0 Å². The van der Waals surface area contributed by atoms with Crippen LogP contribution in [0.2, 0.25) is 10.0 Å². The number of hydrogen-bond donors (Lipinski definition) is 1. The SMILES string of the molecule is CCc1cnccc1C(O)c1ccc(Cl)cc1Cl. The number of rotatable bonds is 3. The molecule has 0 saturated heterocycles. The van der Waals surface area contributed by atoms with Gasteiger partial charge in [-0.1, -0.05) is 36.2 Å². The molecule has 1 aromatic heterocycles. The topological polar surface area (TPSA) is 33.1 Å². The number of aryl methyl sites for hydroxylation is 1. The summed E-state index contributed by atoms with van der Waals surface area (Å²) >= 11 is 12.0. The number of aliphatic hydroxyl groups excluding tert-OH is 1. The molecule has 1 heterocycles. The molecule has 2 nitrogen and oxygen atoms in total. The first-order valence-corrected chi connectivity index (χ1v) is 6.45. The molecule has 18 heavy (non-hydrogen) atoms. The van der Waals surface area contributed by atoms with Crippen molar-refractivity contribution < 1.29 is 5.11 Å². The highest BCUT2D eigenvalue weighted by molar-refractivity contribution is 6.35. The zero-order valence-corrected chi connectivity index (χ0v) is 11.4. The Bertz CT molecular complexity index is 557. The van der Waals surface area contributed by atoms with Gasteiger partial charge in [-0.05, 0) is 35.7 Å². The lowest BCUT2D eigenvalue weighted by atomic mass is 9.97. The molecule has 0 aliphatic rings. The molecular weight excluding hydrogens is 269 g/mol. The molecule has 1 unspecified atom stereocenters. The van der Waals surface area contributed by atoms with E-state index in [1.807, 2.05) is 13.0 Å². The molecule has 0 aliphatic carbocycles. The molecular formula is C14H13Cl2NO. The minimum atomic E-state index is -0.757. The Kier molecular flexibility index (Phi) is 4.23. The van der Waals surface area contributed by atoms with Crippen molar-refractivity contribution in [1.82, 2.24) is 4.98 Å². The zero-order valence-electron chi connectivity index (χ0n) is 9.90. The van der Waals surface area contributed by atoms with Crippen molar-refractivity contribution in [1.29, 1.82) is 0 Å². The van der Waals surface area contributed by atoms with Crippen molar-refractivity contribution in [2.75, 3.05) is 0 Å². The monoisotopic (exact) mass is 281 g/mol. The van der Waals surface area contributed by atoms with E-state index >= 15 is 0 Å². The number of aromatic nitrogens is 1. The van der Waals surface area contributed by atoms with Crippen LogP contribution in [-0.4, -0.2) is 10.1 Å². The maximum atomic E-state index is 10.4. The first-order chi connectivity index (χ1) is 8.63. The number of nitrogens with zero attached hydrogens (tertiary/aromatic N) is 1. The molecule has 0 amide bonds. The normalized spacial score (nSPS) is 12.4.